The number of amides is 1. The van der Waals surface area contributed by atoms with Gasteiger partial charge in [-0.1, -0.05) is 12.1 Å². The summed E-state index contributed by atoms with van der Waals surface area (Å²) in [5, 5.41) is 0. The molecule has 3 aromatic rings. The standard InChI is InChI=1S/C19H16FN3O/c1-14-7-8-17(22-11-14)13-23(18-6-2-5-16(20)10-18)19(24)15-4-3-9-21-12-15/h2-12H,13H2,1H3. The molecule has 24 heavy (non-hydrogen) atoms. The lowest BCUT2D eigenvalue weighted by Gasteiger charge is -2.22. The average molecular weight is 321 g/mol. The Morgan fingerprint density at radius 3 is 2.67 bits per heavy atom. The molecule has 3 rings (SSSR count). The van der Waals surface area contributed by atoms with Crippen LogP contribution in [0.4, 0.5) is 10.1 Å². The minimum absolute atomic E-state index is 0.247. The third-order valence-electron chi connectivity index (χ3n) is 3.57. The molecule has 1 amide bonds. The van der Waals surface area contributed by atoms with Crippen LogP contribution in [0.1, 0.15) is 21.6 Å². The first-order valence-corrected chi connectivity index (χ1v) is 7.52. The van der Waals surface area contributed by atoms with Crippen molar-refractivity contribution in [2.24, 2.45) is 0 Å². The molecule has 0 aliphatic rings. The zero-order chi connectivity index (χ0) is 16.9. The van der Waals surface area contributed by atoms with Gasteiger partial charge in [-0.15, -0.1) is 0 Å². The molecule has 120 valence electrons. The van der Waals surface area contributed by atoms with Gasteiger partial charge in [-0.2, -0.15) is 0 Å². The van der Waals surface area contributed by atoms with Crippen molar-refractivity contribution in [1.82, 2.24) is 9.97 Å². The molecular formula is C19H16FN3O. The van der Waals surface area contributed by atoms with Crippen molar-refractivity contribution in [3.05, 3.63) is 89.8 Å². The summed E-state index contributed by atoms with van der Waals surface area (Å²) in [6, 6.07) is 13.1. The van der Waals surface area contributed by atoms with Crippen molar-refractivity contribution in [3.8, 4) is 0 Å². The van der Waals surface area contributed by atoms with E-state index in [1.54, 1.807) is 36.7 Å². The number of rotatable bonds is 4. The number of hydrogen-bond acceptors (Lipinski definition) is 3. The van der Waals surface area contributed by atoms with E-state index in [0.717, 1.165) is 11.3 Å². The molecule has 0 atom stereocenters. The van der Waals surface area contributed by atoms with Gasteiger partial charge in [0.15, 0.2) is 0 Å². The van der Waals surface area contributed by atoms with Crippen molar-refractivity contribution in [2.75, 3.05) is 4.90 Å². The molecule has 0 N–H and O–H groups in total. The van der Waals surface area contributed by atoms with Gasteiger partial charge < -0.3 is 4.90 Å². The lowest BCUT2D eigenvalue weighted by Crippen LogP contribution is -2.31. The summed E-state index contributed by atoms with van der Waals surface area (Å²) < 4.78 is 13.6. The predicted molar refractivity (Wildman–Crippen MR) is 90.1 cm³/mol. The number of halogens is 1. The molecular weight excluding hydrogens is 305 g/mol. The highest BCUT2D eigenvalue weighted by molar-refractivity contribution is 6.05. The molecule has 0 saturated heterocycles. The number of carbonyl (C=O) groups excluding carboxylic acids is 1. The Kier molecular flexibility index (Phi) is 4.61. The Bertz CT molecular complexity index is 835. The number of hydrogen-bond donors (Lipinski definition) is 0. The van der Waals surface area contributed by atoms with Crippen LogP contribution in [0, 0.1) is 12.7 Å². The summed E-state index contributed by atoms with van der Waals surface area (Å²) in [7, 11) is 0. The van der Waals surface area contributed by atoms with Crippen LogP contribution in [-0.2, 0) is 6.54 Å². The Morgan fingerprint density at radius 1 is 1.12 bits per heavy atom. The first kappa shape index (κ1) is 15.8. The van der Waals surface area contributed by atoms with Crippen molar-refractivity contribution in [3.63, 3.8) is 0 Å². The molecule has 0 radical (unpaired) electrons. The maximum atomic E-state index is 13.6. The number of nitrogens with zero attached hydrogens (tertiary/aromatic N) is 3. The lowest BCUT2D eigenvalue weighted by molar-refractivity contribution is 0.0984. The topological polar surface area (TPSA) is 46.1 Å². The fraction of sp³-hybridized carbons (Fsp3) is 0.105. The van der Waals surface area contributed by atoms with Crippen LogP contribution >= 0.6 is 0 Å². The second-order valence-electron chi connectivity index (χ2n) is 5.44. The van der Waals surface area contributed by atoms with E-state index in [1.807, 2.05) is 19.1 Å². The van der Waals surface area contributed by atoms with Crippen LogP contribution in [0.5, 0.6) is 0 Å². The van der Waals surface area contributed by atoms with E-state index < -0.39 is 5.82 Å². The molecule has 2 heterocycles. The maximum absolute atomic E-state index is 13.6. The van der Waals surface area contributed by atoms with Gasteiger partial charge in [0.25, 0.3) is 5.91 Å². The number of aromatic nitrogens is 2. The summed E-state index contributed by atoms with van der Waals surface area (Å²) in [5.74, 6) is -0.649. The van der Waals surface area contributed by atoms with E-state index in [2.05, 4.69) is 9.97 Å². The third kappa shape index (κ3) is 3.63. The largest absolute Gasteiger partial charge is 0.302 e. The summed E-state index contributed by atoms with van der Waals surface area (Å²) >= 11 is 0. The molecule has 0 aliphatic heterocycles. The van der Waals surface area contributed by atoms with E-state index in [0.29, 0.717) is 11.3 Å². The lowest BCUT2D eigenvalue weighted by atomic mass is 10.2. The number of anilines is 1. The summed E-state index contributed by atoms with van der Waals surface area (Å²) in [4.78, 5) is 22.7. The number of pyridine rings is 2. The quantitative estimate of drug-likeness (QED) is 0.735. The fourth-order valence-electron chi connectivity index (χ4n) is 2.32. The first-order chi connectivity index (χ1) is 11.6. The van der Waals surface area contributed by atoms with E-state index in [-0.39, 0.29) is 12.5 Å². The minimum Gasteiger partial charge on any atom is -0.302 e. The van der Waals surface area contributed by atoms with Gasteiger partial charge in [0.2, 0.25) is 0 Å². The van der Waals surface area contributed by atoms with E-state index in [9.17, 15) is 9.18 Å². The highest BCUT2D eigenvalue weighted by Crippen LogP contribution is 2.20. The molecule has 0 unspecified atom stereocenters. The van der Waals surface area contributed by atoms with Crippen LogP contribution in [0.2, 0.25) is 0 Å². The van der Waals surface area contributed by atoms with Crippen molar-refractivity contribution in [2.45, 2.75) is 13.5 Å². The predicted octanol–water partition coefficient (Wildman–Crippen LogP) is 3.77. The van der Waals surface area contributed by atoms with Crippen LogP contribution in [0.15, 0.2) is 67.1 Å². The van der Waals surface area contributed by atoms with Gasteiger partial charge in [-0.3, -0.25) is 14.8 Å². The normalized spacial score (nSPS) is 10.4. The monoisotopic (exact) mass is 321 g/mol. The molecule has 0 aliphatic carbocycles. The minimum atomic E-state index is -0.395. The molecule has 0 bridgehead atoms. The van der Waals surface area contributed by atoms with E-state index in [1.165, 1.54) is 23.2 Å². The van der Waals surface area contributed by atoms with Gasteiger partial charge in [-0.25, -0.2) is 4.39 Å². The Hall–Kier alpha value is -3.08. The van der Waals surface area contributed by atoms with Crippen molar-refractivity contribution >= 4 is 11.6 Å². The van der Waals surface area contributed by atoms with Crippen LogP contribution < -0.4 is 4.90 Å². The average Bonchev–Trinajstić information content (AvgIpc) is 2.61. The number of carbonyl (C=O) groups is 1. The SMILES string of the molecule is Cc1ccc(CN(C(=O)c2cccnc2)c2cccc(F)c2)nc1. The van der Waals surface area contributed by atoms with Gasteiger partial charge >= 0.3 is 0 Å². The van der Waals surface area contributed by atoms with Gasteiger partial charge in [0.1, 0.15) is 5.82 Å². The zero-order valence-electron chi connectivity index (χ0n) is 13.2. The molecule has 0 saturated carbocycles. The highest BCUT2D eigenvalue weighted by atomic mass is 19.1. The molecule has 1 aromatic carbocycles. The molecule has 0 fully saturated rings. The molecule has 2 aromatic heterocycles. The van der Waals surface area contributed by atoms with Crippen molar-refractivity contribution < 1.29 is 9.18 Å². The second-order valence-corrected chi connectivity index (χ2v) is 5.44. The number of aryl methyl sites for hydroxylation is 1. The number of benzene rings is 1. The Morgan fingerprint density at radius 2 is 2.00 bits per heavy atom. The van der Waals surface area contributed by atoms with Gasteiger partial charge in [-0.05, 0) is 48.9 Å². The first-order valence-electron chi connectivity index (χ1n) is 7.52. The zero-order valence-corrected chi connectivity index (χ0v) is 13.2. The third-order valence-corrected chi connectivity index (χ3v) is 3.57. The Labute approximate surface area is 139 Å². The fourth-order valence-corrected chi connectivity index (χ4v) is 2.32. The van der Waals surface area contributed by atoms with Crippen LogP contribution in [0.25, 0.3) is 0 Å². The van der Waals surface area contributed by atoms with E-state index in [4.69, 9.17) is 0 Å². The summed E-state index contributed by atoms with van der Waals surface area (Å²) in [5.41, 5.74) is 2.68. The van der Waals surface area contributed by atoms with E-state index >= 15 is 0 Å². The van der Waals surface area contributed by atoms with Gasteiger partial charge in [0, 0.05) is 24.3 Å². The summed E-state index contributed by atoms with van der Waals surface area (Å²) in [6.45, 7) is 2.19. The second kappa shape index (κ2) is 7.00. The van der Waals surface area contributed by atoms with Crippen LogP contribution in [0.3, 0.4) is 0 Å². The Balaban J connectivity index is 1.97. The maximum Gasteiger partial charge on any atom is 0.260 e. The smallest absolute Gasteiger partial charge is 0.260 e. The van der Waals surface area contributed by atoms with Gasteiger partial charge in [0.05, 0.1) is 17.8 Å². The summed E-state index contributed by atoms with van der Waals surface area (Å²) in [6.07, 6.45) is 4.84. The molecule has 0 spiro atoms. The molecule has 5 heteroatoms. The highest BCUT2D eigenvalue weighted by Gasteiger charge is 2.19. The molecule has 4 nitrogen and oxygen atoms in total. The van der Waals surface area contributed by atoms with Crippen LogP contribution in [-0.4, -0.2) is 15.9 Å². The van der Waals surface area contributed by atoms with Crippen molar-refractivity contribution in [1.29, 1.82) is 0 Å².